The van der Waals surface area contributed by atoms with Gasteiger partial charge in [0.15, 0.2) is 5.96 Å². The van der Waals surface area contributed by atoms with E-state index in [2.05, 4.69) is 32.5 Å². The summed E-state index contributed by atoms with van der Waals surface area (Å²) in [6.45, 7) is 6.77. The Morgan fingerprint density at radius 3 is 2.31 bits per heavy atom. The Hall–Kier alpha value is -2.22. The lowest BCUT2D eigenvalue weighted by Crippen LogP contribution is -2.37. The van der Waals surface area contributed by atoms with Gasteiger partial charge in [0.25, 0.3) is 0 Å². The van der Waals surface area contributed by atoms with E-state index < -0.39 is 11.7 Å². The van der Waals surface area contributed by atoms with Gasteiger partial charge in [0.05, 0.1) is 24.8 Å². The van der Waals surface area contributed by atoms with Crippen LogP contribution in [0.5, 0.6) is 0 Å². The molecule has 0 unspecified atom stereocenters. The molecule has 1 aromatic carbocycles. The molecule has 0 saturated heterocycles. The van der Waals surface area contributed by atoms with Crippen LogP contribution < -0.4 is 10.6 Å². The first kappa shape index (κ1) is 24.8. The molecule has 2 rings (SSSR count). The minimum absolute atomic E-state index is 0. The Bertz CT molecular complexity index is 872. The van der Waals surface area contributed by atoms with Crippen molar-refractivity contribution in [2.45, 2.75) is 38.9 Å². The molecular weight excluding hydrogens is 496 g/mol. The summed E-state index contributed by atoms with van der Waals surface area (Å²) < 4.78 is 43.3. The fraction of sp³-hybridized carbons (Fsp3) is 0.400. The number of nitrogens with zero attached hydrogens (tertiary/aromatic N) is 2. The van der Waals surface area contributed by atoms with Crippen LogP contribution in [0.1, 0.15) is 43.5 Å². The molecule has 2 aromatic rings. The Labute approximate surface area is 185 Å². The lowest BCUT2D eigenvalue weighted by atomic mass is 9.94. The highest BCUT2D eigenvalue weighted by atomic mass is 127. The van der Waals surface area contributed by atoms with Crippen LogP contribution in [0.4, 0.5) is 13.2 Å². The van der Waals surface area contributed by atoms with Gasteiger partial charge in [-0.25, -0.2) is 4.98 Å². The highest BCUT2D eigenvalue weighted by Crippen LogP contribution is 2.28. The predicted molar refractivity (Wildman–Crippen MR) is 117 cm³/mol. The summed E-state index contributed by atoms with van der Waals surface area (Å²) in [5, 5.41) is 6.06. The maximum Gasteiger partial charge on any atom is 0.416 e. The van der Waals surface area contributed by atoms with Gasteiger partial charge >= 0.3 is 6.18 Å². The number of benzene rings is 1. The number of alkyl halides is 3. The second-order valence-corrected chi connectivity index (χ2v) is 7.02. The minimum Gasteiger partial charge on any atom is -0.443 e. The summed E-state index contributed by atoms with van der Waals surface area (Å²) in [4.78, 5) is 8.30. The quantitative estimate of drug-likeness (QED) is 0.274. The number of guanidine groups is 1. The van der Waals surface area contributed by atoms with Gasteiger partial charge < -0.3 is 15.1 Å². The Kier molecular flexibility index (Phi) is 9.01. The van der Waals surface area contributed by atoms with E-state index >= 15 is 0 Å². The molecule has 0 bridgehead atoms. The molecule has 0 fully saturated rings. The van der Waals surface area contributed by atoms with Gasteiger partial charge in [0.1, 0.15) is 5.76 Å². The van der Waals surface area contributed by atoms with Crippen molar-refractivity contribution in [2.75, 3.05) is 13.6 Å². The molecule has 0 aliphatic rings. The SMILES string of the molecule is CN=C(NCC#Cc1ccc(C(F)(F)F)cc1)NCc1ncc(C(C)(C)C)o1.I. The Morgan fingerprint density at radius 2 is 1.79 bits per heavy atom. The number of oxazole rings is 1. The van der Waals surface area contributed by atoms with Crippen LogP contribution in [0.3, 0.4) is 0 Å². The van der Waals surface area contributed by atoms with E-state index in [9.17, 15) is 13.2 Å². The van der Waals surface area contributed by atoms with E-state index in [4.69, 9.17) is 4.42 Å². The zero-order chi connectivity index (χ0) is 20.8. The normalized spacial score (nSPS) is 11.9. The zero-order valence-electron chi connectivity index (χ0n) is 16.6. The molecule has 2 N–H and O–H groups in total. The van der Waals surface area contributed by atoms with Crippen molar-refractivity contribution in [3.8, 4) is 11.8 Å². The van der Waals surface area contributed by atoms with Gasteiger partial charge in [-0.15, -0.1) is 24.0 Å². The maximum atomic E-state index is 12.5. The average molecular weight is 520 g/mol. The van der Waals surface area contributed by atoms with Gasteiger partial charge in [-0.05, 0) is 24.3 Å². The maximum absolute atomic E-state index is 12.5. The van der Waals surface area contributed by atoms with Gasteiger partial charge in [0.2, 0.25) is 5.89 Å². The van der Waals surface area contributed by atoms with Crippen LogP contribution >= 0.6 is 24.0 Å². The van der Waals surface area contributed by atoms with Crippen molar-refractivity contribution in [3.63, 3.8) is 0 Å². The molecule has 0 radical (unpaired) electrons. The van der Waals surface area contributed by atoms with E-state index in [0.29, 0.717) is 24.0 Å². The number of hydrogen-bond acceptors (Lipinski definition) is 3. The van der Waals surface area contributed by atoms with Crippen LogP contribution in [0.25, 0.3) is 0 Å². The topological polar surface area (TPSA) is 62.5 Å². The fourth-order valence-electron chi connectivity index (χ4n) is 2.14. The van der Waals surface area contributed by atoms with Crippen LogP contribution in [0.2, 0.25) is 0 Å². The number of hydrogen-bond donors (Lipinski definition) is 2. The van der Waals surface area contributed by atoms with Gasteiger partial charge in [-0.3, -0.25) is 4.99 Å². The standard InChI is InChI=1S/C20H23F3N4O.HI/c1-19(2,3)16-12-26-17(28-16)13-27-18(24-4)25-11-5-6-14-7-9-15(10-8-14)20(21,22)23;/h7-10,12H,11,13H2,1-4H3,(H2,24,25,27);1H. The molecule has 1 heterocycles. The summed E-state index contributed by atoms with van der Waals surface area (Å²) >= 11 is 0. The highest BCUT2D eigenvalue weighted by molar-refractivity contribution is 14.0. The Balaban J connectivity index is 0.00000420. The second kappa shape index (κ2) is 10.5. The summed E-state index contributed by atoms with van der Waals surface area (Å²) in [5.74, 6) is 7.50. The number of rotatable bonds is 3. The number of nitrogens with one attached hydrogen (secondary N) is 2. The van der Waals surface area contributed by atoms with E-state index in [0.717, 1.165) is 17.9 Å². The van der Waals surface area contributed by atoms with E-state index in [-0.39, 0.29) is 35.9 Å². The lowest BCUT2D eigenvalue weighted by molar-refractivity contribution is -0.137. The number of halogens is 4. The lowest BCUT2D eigenvalue weighted by Gasteiger charge is -2.13. The van der Waals surface area contributed by atoms with Gasteiger partial charge in [-0.2, -0.15) is 13.2 Å². The van der Waals surface area contributed by atoms with Crippen molar-refractivity contribution in [3.05, 3.63) is 53.2 Å². The van der Waals surface area contributed by atoms with E-state index in [1.165, 1.54) is 12.1 Å². The van der Waals surface area contributed by atoms with Crippen molar-refractivity contribution in [1.29, 1.82) is 0 Å². The molecule has 0 aliphatic carbocycles. The third-order valence-electron chi connectivity index (χ3n) is 3.71. The monoisotopic (exact) mass is 520 g/mol. The summed E-state index contributed by atoms with van der Waals surface area (Å²) in [5.41, 5.74) is -0.298. The molecule has 5 nitrogen and oxygen atoms in total. The molecular formula is C20H24F3IN4O. The molecule has 158 valence electrons. The van der Waals surface area contributed by atoms with Crippen molar-refractivity contribution < 1.29 is 17.6 Å². The molecule has 0 amide bonds. The first-order valence-electron chi connectivity index (χ1n) is 8.65. The smallest absolute Gasteiger partial charge is 0.416 e. The largest absolute Gasteiger partial charge is 0.443 e. The van der Waals surface area contributed by atoms with Crippen LogP contribution in [0, 0.1) is 11.8 Å². The molecule has 9 heteroatoms. The first-order valence-corrected chi connectivity index (χ1v) is 8.65. The van der Waals surface area contributed by atoms with Crippen LogP contribution in [-0.2, 0) is 18.1 Å². The minimum atomic E-state index is -4.35. The van der Waals surface area contributed by atoms with E-state index in [1.807, 2.05) is 20.8 Å². The molecule has 0 spiro atoms. The number of aliphatic imine (C=N–C) groups is 1. The summed E-state index contributed by atoms with van der Waals surface area (Å²) in [6.07, 6.45) is -2.63. The average Bonchev–Trinajstić information content (AvgIpc) is 3.10. The molecule has 29 heavy (non-hydrogen) atoms. The predicted octanol–water partition coefficient (Wildman–Crippen LogP) is 4.33. The van der Waals surface area contributed by atoms with E-state index in [1.54, 1.807) is 13.2 Å². The highest BCUT2D eigenvalue weighted by Gasteiger charge is 2.29. The summed E-state index contributed by atoms with van der Waals surface area (Å²) in [6, 6.07) is 4.72. The van der Waals surface area contributed by atoms with Crippen LogP contribution in [-0.4, -0.2) is 24.5 Å². The van der Waals surface area contributed by atoms with Crippen molar-refractivity contribution in [2.24, 2.45) is 4.99 Å². The van der Waals surface area contributed by atoms with Gasteiger partial charge in [-0.1, -0.05) is 32.6 Å². The van der Waals surface area contributed by atoms with Gasteiger partial charge in [0, 0.05) is 18.0 Å². The van der Waals surface area contributed by atoms with Crippen molar-refractivity contribution in [1.82, 2.24) is 15.6 Å². The summed E-state index contributed by atoms with van der Waals surface area (Å²) in [7, 11) is 1.62. The van der Waals surface area contributed by atoms with Crippen LogP contribution in [0.15, 0.2) is 39.9 Å². The second-order valence-electron chi connectivity index (χ2n) is 7.02. The number of aromatic nitrogens is 1. The molecule has 0 saturated carbocycles. The molecule has 0 atom stereocenters. The third-order valence-corrected chi connectivity index (χ3v) is 3.71. The molecule has 0 aliphatic heterocycles. The molecule has 1 aromatic heterocycles. The fourth-order valence-corrected chi connectivity index (χ4v) is 2.14. The third kappa shape index (κ3) is 7.97. The Morgan fingerprint density at radius 1 is 1.14 bits per heavy atom. The zero-order valence-corrected chi connectivity index (χ0v) is 19.0. The van der Waals surface area contributed by atoms with Crippen molar-refractivity contribution >= 4 is 29.9 Å². The first-order chi connectivity index (χ1) is 13.1.